The van der Waals surface area contributed by atoms with Crippen molar-refractivity contribution in [2.45, 2.75) is 101 Å². The van der Waals surface area contributed by atoms with Crippen LogP contribution < -0.4 is 15.0 Å². The van der Waals surface area contributed by atoms with E-state index in [4.69, 9.17) is 14.2 Å². The summed E-state index contributed by atoms with van der Waals surface area (Å²) in [4.78, 5) is 52.5. The zero-order chi connectivity index (χ0) is 42.4. The van der Waals surface area contributed by atoms with Gasteiger partial charge in [-0.3, -0.25) is 24.2 Å². The predicted octanol–water partition coefficient (Wildman–Crippen LogP) is 5.15. The van der Waals surface area contributed by atoms with E-state index in [9.17, 15) is 14.7 Å². The normalized spacial score (nSPS) is 34.0. The SMILES string of the molecule is CCC(=O)NC[C@@]1(O)[C@H](OC(C)=O)[C@]2(CC)C=CCN3CC[C@@]4(c5cc([C@@]6(C(=O)OC)C[C@@H]7C=C(CC)CN(CCc8c6[nH]c6ccccc86)C7)c(OC)cc5N(C)[C@@H]14)[C@@H]32. The fourth-order valence-electron chi connectivity index (χ4n) is 13.4. The second kappa shape index (κ2) is 14.8. The molecule has 1 amide bonds. The molecule has 0 radical (unpaired) electrons. The van der Waals surface area contributed by atoms with Crippen LogP contribution >= 0.6 is 0 Å². The lowest BCUT2D eigenvalue weighted by Crippen LogP contribution is -2.81. The van der Waals surface area contributed by atoms with E-state index in [0.717, 1.165) is 84.5 Å². The van der Waals surface area contributed by atoms with Gasteiger partial charge in [-0.2, -0.15) is 0 Å². The van der Waals surface area contributed by atoms with E-state index in [1.165, 1.54) is 19.6 Å². The molecule has 9 rings (SSSR count). The molecule has 1 unspecified atom stereocenters. The Kier molecular flexibility index (Phi) is 10.0. The first-order chi connectivity index (χ1) is 28.9. The van der Waals surface area contributed by atoms with E-state index in [1.54, 1.807) is 14.0 Å². The van der Waals surface area contributed by atoms with Gasteiger partial charge in [-0.1, -0.05) is 62.8 Å². The Morgan fingerprint density at radius 2 is 1.85 bits per heavy atom. The summed E-state index contributed by atoms with van der Waals surface area (Å²) < 4.78 is 18.8. The molecule has 2 aromatic carbocycles. The van der Waals surface area contributed by atoms with Crippen LogP contribution in [0.5, 0.6) is 5.75 Å². The molecule has 5 aliphatic heterocycles. The van der Waals surface area contributed by atoms with Crippen molar-refractivity contribution in [1.29, 1.82) is 0 Å². The van der Waals surface area contributed by atoms with Gasteiger partial charge in [0, 0.05) is 97.4 Å². The zero-order valence-electron chi connectivity index (χ0n) is 36.2. The monoisotopic (exact) mass is 819 g/mol. The molecule has 2 fully saturated rings. The predicted molar refractivity (Wildman–Crippen MR) is 230 cm³/mol. The van der Waals surface area contributed by atoms with Crippen LogP contribution in [0.25, 0.3) is 10.9 Å². The molecule has 320 valence electrons. The number of nitrogens with zero attached hydrogens (tertiary/aromatic N) is 3. The third-order valence-corrected chi connectivity index (χ3v) is 15.5. The van der Waals surface area contributed by atoms with Crippen molar-refractivity contribution in [3.63, 3.8) is 0 Å². The number of carbonyl (C=O) groups is 3. The van der Waals surface area contributed by atoms with E-state index in [1.807, 2.05) is 13.1 Å². The molecule has 9 atom stereocenters. The van der Waals surface area contributed by atoms with Gasteiger partial charge in [0.1, 0.15) is 22.9 Å². The number of H-pyrrole nitrogens is 1. The lowest BCUT2D eigenvalue weighted by molar-refractivity contribution is -0.217. The minimum atomic E-state index is -1.72. The first-order valence-electron chi connectivity index (χ1n) is 22.0. The summed E-state index contributed by atoms with van der Waals surface area (Å²) in [7, 11) is 5.14. The highest BCUT2D eigenvalue weighted by atomic mass is 16.6. The number of esters is 2. The van der Waals surface area contributed by atoms with Crippen molar-refractivity contribution in [2.24, 2.45) is 11.3 Å². The minimum absolute atomic E-state index is 0.0429. The summed E-state index contributed by atoms with van der Waals surface area (Å²) >= 11 is 0. The second-order valence-electron chi connectivity index (χ2n) is 18.3. The Bertz CT molecular complexity index is 2300. The summed E-state index contributed by atoms with van der Waals surface area (Å²) in [6.45, 7) is 11.4. The molecule has 1 aromatic heterocycles. The molecule has 3 aromatic rings. The number of methoxy groups -OCH3 is 2. The number of rotatable bonds is 9. The Hall–Kier alpha value is -4.65. The van der Waals surface area contributed by atoms with Gasteiger partial charge in [-0.05, 0) is 67.8 Å². The number of amides is 1. The Balaban J connectivity index is 1.35. The van der Waals surface area contributed by atoms with E-state index in [0.29, 0.717) is 25.0 Å². The lowest BCUT2D eigenvalue weighted by atomic mass is 9.47. The smallest absolute Gasteiger partial charge is 0.322 e. The lowest BCUT2D eigenvalue weighted by Gasteiger charge is -2.64. The first kappa shape index (κ1) is 40.7. The number of benzene rings is 2. The average molecular weight is 820 g/mol. The molecule has 1 aliphatic carbocycles. The van der Waals surface area contributed by atoms with Crippen LogP contribution in [0.4, 0.5) is 5.69 Å². The van der Waals surface area contributed by atoms with Crippen molar-refractivity contribution in [1.82, 2.24) is 20.1 Å². The highest BCUT2D eigenvalue weighted by Crippen LogP contribution is 2.68. The molecule has 1 spiro atoms. The molecule has 1 saturated carbocycles. The highest BCUT2D eigenvalue weighted by Gasteiger charge is 2.78. The van der Waals surface area contributed by atoms with Gasteiger partial charge in [-0.25, -0.2) is 0 Å². The maximum atomic E-state index is 15.4. The van der Waals surface area contributed by atoms with Crippen molar-refractivity contribution in [2.75, 3.05) is 65.4 Å². The van der Waals surface area contributed by atoms with Crippen LogP contribution in [0.3, 0.4) is 0 Å². The van der Waals surface area contributed by atoms with Gasteiger partial charge in [0.05, 0.1) is 26.8 Å². The van der Waals surface area contributed by atoms with Crippen LogP contribution in [0.2, 0.25) is 0 Å². The molecule has 6 heterocycles. The Morgan fingerprint density at radius 1 is 1.05 bits per heavy atom. The standard InChI is InChI=1S/C48H61N5O7/c1-8-30-22-31-25-47(44(56)59-7,40-33(16-20-52(26-30)27-31)32-14-11-12-15-36(32)50-40)35-23-34-37(24-38(35)58-6)51(5)42-46(34)18-21-53-19-13-17-45(10-3,41(46)53)43(60-29(4)54)48(42,57)28-49-39(55)9-2/h11-15,17,22-24,31,41-43,50,57H,8-10,16,18-21,25-28H2,1-7H3,(H,49,55)/t31-,41-,42+,43+,45+,46+,47-,48-/m0/s1. The summed E-state index contributed by atoms with van der Waals surface area (Å²) in [5, 5.41) is 17.8. The molecule has 6 aliphatic rings. The number of aliphatic hydroxyl groups is 1. The quantitative estimate of drug-likeness (QED) is 0.197. The molecule has 60 heavy (non-hydrogen) atoms. The van der Waals surface area contributed by atoms with E-state index >= 15 is 4.79 Å². The van der Waals surface area contributed by atoms with Gasteiger partial charge in [-0.15, -0.1) is 0 Å². The van der Waals surface area contributed by atoms with Crippen molar-refractivity contribution >= 4 is 34.4 Å². The topological polar surface area (TPSA) is 137 Å². The third kappa shape index (κ3) is 5.55. The molecule has 12 heteroatoms. The number of anilines is 1. The number of hydrogen-bond donors (Lipinski definition) is 3. The van der Waals surface area contributed by atoms with Gasteiger partial charge in [0.25, 0.3) is 0 Å². The Labute approximate surface area is 353 Å². The number of likely N-dealkylation sites (N-methyl/N-ethyl adjacent to an activating group) is 1. The maximum absolute atomic E-state index is 15.4. The van der Waals surface area contributed by atoms with Crippen LogP contribution in [-0.4, -0.2) is 122 Å². The number of para-hydroxylation sites is 1. The highest BCUT2D eigenvalue weighted by molar-refractivity contribution is 5.94. The molecular weight excluding hydrogens is 759 g/mol. The van der Waals surface area contributed by atoms with Crippen LogP contribution in [-0.2, 0) is 41.1 Å². The van der Waals surface area contributed by atoms with E-state index in [2.05, 4.69) is 87.4 Å². The van der Waals surface area contributed by atoms with Gasteiger partial charge in [0.15, 0.2) is 0 Å². The summed E-state index contributed by atoms with van der Waals surface area (Å²) in [5.74, 6) is -0.439. The number of ether oxygens (including phenoxy) is 3. The maximum Gasteiger partial charge on any atom is 0.322 e. The van der Waals surface area contributed by atoms with Crippen LogP contribution in [0, 0.1) is 11.3 Å². The van der Waals surface area contributed by atoms with Crippen molar-refractivity contribution < 1.29 is 33.7 Å². The number of fused-ring (bicyclic) bond motifs is 6. The van der Waals surface area contributed by atoms with E-state index in [-0.39, 0.29) is 36.8 Å². The largest absolute Gasteiger partial charge is 0.496 e. The Morgan fingerprint density at radius 3 is 2.57 bits per heavy atom. The third-order valence-electron chi connectivity index (χ3n) is 15.5. The molecule has 2 bridgehead atoms. The fraction of sp³-hybridized carbons (Fsp3) is 0.562. The van der Waals surface area contributed by atoms with Gasteiger partial charge >= 0.3 is 11.9 Å². The van der Waals surface area contributed by atoms with Crippen molar-refractivity contribution in [3.8, 4) is 5.75 Å². The summed E-state index contributed by atoms with van der Waals surface area (Å²) in [6, 6.07) is 11.8. The number of nitrogens with one attached hydrogen (secondary N) is 2. The number of aromatic nitrogens is 1. The molecule has 1 saturated heterocycles. The summed E-state index contributed by atoms with van der Waals surface area (Å²) in [5.41, 5.74) is 2.35. The van der Waals surface area contributed by atoms with Gasteiger partial charge in [0.2, 0.25) is 5.91 Å². The number of carbonyl (C=O) groups excluding carboxylic acids is 3. The average Bonchev–Trinajstić information content (AvgIpc) is 3.92. The minimum Gasteiger partial charge on any atom is -0.496 e. The van der Waals surface area contributed by atoms with Crippen LogP contribution in [0.1, 0.15) is 82.2 Å². The first-order valence-corrected chi connectivity index (χ1v) is 22.0. The molecular formula is C48H61N5O7. The van der Waals surface area contributed by atoms with Gasteiger partial charge < -0.3 is 34.5 Å². The molecule has 3 N–H and O–H groups in total. The van der Waals surface area contributed by atoms with Crippen LogP contribution in [0.15, 0.2) is 60.2 Å². The number of aromatic amines is 1. The molecule has 12 nitrogen and oxygen atoms in total. The zero-order valence-corrected chi connectivity index (χ0v) is 36.2. The van der Waals surface area contributed by atoms with Crippen molar-refractivity contribution in [3.05, 3.63) is 82.6 Å². The van der Waals surface area contributed by atoms with E-state index < -0.39 is 40.0 Å². The second-order valence-corrected chi connectivity index (χ2v) is 18.3. The fourth-order valence-corrected chi connectivity index (χ4v) is 13.4. The summed E-state index contributed by atoms with van der Waals surface area (Å²) in [6.07, 6.45) is 9.42. The number of hydrogen-bond acceptors (Lipinski definition) is 10.